The van der Waals surface area contributed by atoms with Gasteiger partial charge < -0.3 is 14.8 Å². The lowest BCUT2D eigenvalue weighted by Gasteiger charge is -2.04. The van der Waals surface area contributed by atoms with Crippen molar-refractivity contribution < 1.29 is 9.84 Å². The van der Waals surface area contributed by atoms with E-state index in [9.17, 15) is 5.11 Å². The molecule has 1 aromatic heterocycles. The number of aromatic nitrogens is 2. The molecule has 0 atom stereocenters. The highest BCUT2D eigenvalue weighted by molar-refractivity contribution is 6.35. The molecule has 0 bridgehead atoms. The SMILES string of the molecule is COc1ccc(-c2nc3c(Cl)cccc3[nH]2)c(O)c1. The second-order valence-corrected chi connectivity index (χ2v) is 4.51. The smallest absolute Gasteiger partial charge is 0.142 e. The van der Waals surface area contributed by atoms with Crippen LogP contribution in [0.15, 0.2) is 36.4 Å². The number of phenols is 1. The topological polar surface area (TPSA) is 58.1 Å². The van der Waals surface area contributed by atoms with Crippen molar-refractivity contribution in [2.24, 2.45) is 0 Å². The molecule has 0 unspecified atom stereocenters. The van der Waals surface area contributed by atoms with Crippen molar-refractivity contribution in [1.29, 1.82) is 0 Å². The van der Waals surface area contributed by atoms with E-state index in [4.69, 9.17) is 16.3 Å². The maximum absolute atomic E-state index is 10.00. The summed E-state index contributed by atoms with van der Waals surface area (Å²) in [6.07, 6.45) is 0. The molecule has 0 radical (unpaired) electrons. The second-order valence-electron chi connectivity index (χ2n) is 4.10. The number of phenolic OH excluding ortho intramolecular Hbond substituents is 1. The lowest BCUT2D eigenvalue weighted by Crippen LogP contribution is -1.85. The first-order valence-corrected chi connectivity index (χ1v) is 6.08. The average Bonchev–Trinajstić information content (AvgIpc) is 2.83. The molecule has 2 aromatic carbocycles. The Morgan fingerprint density at radius 2 is 2.11 bits per heavy atom. The predicted octanol–water partition coefficient (Wildman–Crippen LogP) is 3.60. The highest BCUT2D eigenvalue weighted by Crippen LogP contribution is 2.32. The number of para-hydroxylation sites is 1. The summed E-state index contributed by atoms with van der Waals surface area (Å²) in [5, 5.41) is 10.6. The van der Waals surface area contributed by atoms with Crippen LogP contribution in [-0.4, -0.2) is 22.2 Å². The Balaban J connectivity index is 2.16. The monoisotopic (exact) mass is 274 g/mol. The van der Waals surface area contributed by atoms with E-state index in [0.29, 0.717) is 27.7 Å². The molecule has 0 saturated carbocycles. The van der Waals surface area contributed by atoms with Crippen LogP contribution in [0.4, 0.5) is 0 Å². The molecule has 1 heterocycles. The zero-order chi connectivity index (χ0) is 13.4. The second kappa shape index (κ2) is 4.48. The molecule has 0 fully saturated rings. The van der Waals surface area contributed by atoms with Crippen LogP contribution >= 0.6 is 11.6 Å². The third kappa shape index (κ3) is 2.00. The van der Waals surface area contributed by atoms with Crippen molar-refractivity contribution in [3.8, 4) is 22.9 Å². The predicted molar refractivity (Wildman–Crippen MR) is 74.8 cm³/mol. The number of nitrogens with one attached hydrogen (secondary N) is 1. The van der Waals surface area contributed by atoms with E-state index in [1.807, 2.05) is 12.1 Å². The van der Waals surface area contributed by atoms with Crippen molar-refractivity contribution in [2.45, 2.75) is 0 Å². The Bertz CT molecular complexity index is 752. The quantitative estimate of drug-likeness (QED) is 0.751. The normalized spacial score (nSPS) is 10.8. The maximum Gasteiger partial charge on any atom is 0.142 e. The molecule has 3 rings (SSSR count). The number of nitrogens with zero attached hydrogens (tertiary/aromatic N) is 1. The van der Waals surface area contributed by atoms with Gasteiger partial charge in [-0.1, -0.05) is 17.7 Å². The van der Waals surface area contributed by atoms with Crippen LogP contribution in [0.1, 0.15) is 0 Å². The standard InChI is InChI=1S/C14H11ClN2O2/c1-19-8-5-6-9(12(18)7-8)14-16-11-4-2-3-10(15)13(11)17-14/h2-7,18H,1H3,(H,16,17). The van der Waals surface area contributed by atoms with Crippen molar-refractivity contribution in [3.63, 3.8) is 0 Å². The summed E-state index contributed by atoms with van der Waals surface area (Å²) >= 11 is 6.08. The third-order valence-corrected chi connectivity index (χ3v) is 3.23. The molecule has 0 amide bonds. The van der Waals surface area contributed by atoms with Gasteiger partial charge in [-0.15, -0.1) is 0 Å². The zero-order valence-corrected chi connectivity index (χ0v) is 10.9. The number of methoxy groups -OCH3 is 1. The van der Waals surface area contributed by atoms with Crippen molar-refractivity contribution in [3.05, 3.63) is 41.4 Å². The van der Waals surface area contributed by atoms with Gasteiger partial charge in [-0.25, -0.2) is 4.98 Å². The Labute approximate surface area is 114 Å². The Hall–Kier alpha value is -2.20. The summed E-state index contributed by atoms with van der Waals surface area (Å²) in [5.74, 6) is 1.27. The van der Waals surface area contributed by atoms with Gasteiger partial charge in [0, 0.05) is 6.07 Å². The number of hydrogen-bond donors (Lipinski definition) is 2. The third-order valence-electron chi connectivity index (χ3n) is 2.92. The van der Waals surface area contributed by atoms with Gasteiger partial charge in [0.25, 0.3) is 0 Å². The fourth-order valence-electron chi connectivity index (χ4n) is 1.96. The lowest BCUT2D eigenvalue weighted by atomic mass is 10.2. The van der Waals surface area contributed by atoms with Gasteiger partial charge in [-0.3, -0.25) is 0 Å². The van der Waals surface area contributed by atoms with E-state index in [-0.39, 0.29) is 5.75 Å². The number of halogens is 1. The van der Waals surface area contributed by atoms with E-state index >= 15 is 0 Å². The molecule has 0 saturated heterocycles. The molecule has 0 spiro atoms. The first kappa shape index (κ1) is 11.9. The highest BCUT2D eigenvalue weighted by Gasteiger charge is 2.11. The molecule has 0 aliphatic rings. The highest BCUT2D eigenvalue weighted by atomic mass is 35.5. The fourth-order valence-corrected chi connectivity index (χ4v) is 2.18. The Kier molecular flexibility index (Phi) is 2.80. The first-order valence-electron chi connectivity index (χ1n) is 5.70. The summed E-state index contributed by atoms with van der Waals surface area (Å²) in [6, 6.07) is 10.6. The van der Waals surface area contributed by atoms with E-state index in [1.165, 1.54) is 0 Å². The van der Waals surface area contributed by atoms with Gasteiger partial charge in [0.2, 0.25) is 0 Å². The van der Waals surface area contributed by atoms with Crippen LogP contribution in [0.25, 0.3) is 22.4 Å². The average molecular weight is 275 g/mol. The van der Waals surface area contributed by atoms with Crippen LogP contribution in [0.5, 0.6) is 11.5 Å². The van der Waals surface area contributed by atoms with Gasteiger partial charge in [0.05, 0.1) is 23.2 Å². The van der Waals surface area contributed by atoms with Crippen molar-refractivity contribution in [1.82, 2.24) is 9.97 Å². The van der Waals surface area contributed by atoms with Gasteiger partial charge in [-0.2, -0.15) is 0 Å². The Morgan fingerprint density at radius 1 is 1.26 bits per heavy atom. The molecule has 4 nitrogen and oxygen atoms in total. The van der Waals surface area contributed by atoms with Gasteiger partial charge in [0.1, 0.15) is 22.8 Å². The minimum atomic E-state index is 0.106. The van der Waals surface area contributed by atoms with E-state index in [2.05, 4.69) is 9.97 Å². The molecule has 0 aliphatic carbocycles. The summed E-state index contributed by atoms with van der Waals surface area (Å²) in [7, 11) is 1.55. The van der Waals surface area contributed by atoms with Crippen molar-refractivity contribution >= 4 is 22.6 Å². The number of benzene rings is 2. The molecular formula is C14H11ClN2O2. The number of aromatic amines is 1. The number of imidazole rings is 1. The maximum atomic E-state index is 10.00. The van der Waals surface area contributed by atoms with Gasteiger partial charge >= 0.3 is 0 Å². The number of aromatic hydroxyl groups is 1. The van der Waals surface area contributed by atoms with Crippen LogP contribution in [0, 0.1) is 0 Å². The van der Waals surface area contributed by atoms with E-state index in [0.717, 1.165) is 5.52 Å². The number of ether oxygens (including phenoxy) is 1. The van der Waals surface area contributed by atoms with Gasteiger partial charge in [0.15, 0.2) is 0 Å². The van der Waals surface area contributed by atoms with Crippen LogP contribution in [0.2, 0.25) is 5.02 Å². The van der Waals surface area contributed by atoms with E-state index < -0.39 is 0 Å². The van der Waals surface area contributed by atoms with Crippen LogP contribution in [0.3, 0.4) is 0 Å². The fraction of sp³-hybridized carbons (Fsp3) is 0.0714. The molecule has 5 heteroatoms. The molecule has 2 N–H and O–H groups in total. The molecule has 0 aliphatic heterocycles. The minimum Gasteiger partial charge on any atom is -0.507 e. The molecular weight excluding hydrogens is 264 g/mol. The van der Waals surface area contributed by atoms with Crippen molar-refractivity contribution in [2.75, 3.05) is 7.11 Å². The van der Waals surface area contributed by atoms with Crippen LogP contribution < -0.4 is 4.74 Å². The largest absolute Gasteiger partial charge is 0.507 e. The number of fused-ring (bicyclic) bond motifs is 1. The van der Waals surface area contributed by atoms with Crippen LogP contribution in [-0.2, 0) is 0 Å². The summed E-state index contributed by atoms with van der Waals surface area (Å²) in [4.78, 5) is 7.55. The Morgan fingerprint density at radius 3 is 2.79 bits per heavy atom. The number of hydrogen-bond acceptors (Lipinski definition) is 3. The number of rotatable bonds is 2. The molecule has 96 valence electrons. The molecule has 19 heavy (non-hydrogen) atoms. The number of H-pyrrole nitrogens is 1. The minimum absolute atomic E-state index is 0.106. The zero-order valence-electron chi connectivity index (χ0n) is 10.1. The molecule has 3 aromatic rings. The summed E-state index contributed by atoms with van der Waals surface area (Å²) in [5.41, 5.74) is 2.13. The lowest BCUT2D eigenvalue weighted by molar-refractivity contribution is 0.408. The summed E-state index contributed by atoms with van der Waals surface area (Å²) in [6.45, 7) is 0. The summed E-state index contributed by atoms with van der Waals surface area (Å²) < 4.78 is 5.05. The van der Waals surface area contributed by atoms with E-state index in [1.54, 1.807) is 31.4 Å². The van der Waals surface area contributed by atoms with Gasteiger partial charge in [-0.05, 0) is 24.3 Å². The first-order chi connectivity index (χ1) is 9.19.